The van der Waals surface area contributed by atoms with E-state index in [2.05, 4.69) is 18.3 Å². The van der Waals surface area contributed by atoms with Crippen LogP contribution in [-0.2, 0) is 6.42 Å². The van der Waals surface area contributed by atoms with Crippen LogP contribution in [0.25, 0.3) is 0 Å². The Morgan fingerprint density at radius 2 is 1.86 bits per heavy atom. The van der Waals surface area contributed by atoms with E-state index in [0.29, 0.717) is 0 Å². The number of anilines is 1. The molecule has 0 aliphatic carbocycles. The third-order valence-corrected chi connectivity index (χ3v) is 3.66. The Morgan fingerprint density at radius 3 is 2.57 bits per heavy atom. The van der Waals surface area contributed by atoms with Crippen molar-refractivity contribution >= 4 is 11.5 Å². The summed E-state index contributed by atoms with van der Waals surface area (Å²) in [6.45, 7) is 6.18. The van der Waals surface area contributed by atoms with E-state index >= 15 is 0 Å². The lowest BCUT2D eigenvalue weighted by Crippen LogP contribution is -1.98. The lowest BCUT2D eigenvalue weighted by molar-refractivity contribution is 0.104. The molecule has 0 aliphatic rings. The van der Waals surface area contributed by atoms with E-state index < -0.39 is 0 Å². The van der Waals surface area contributed by atoms with Crippen molar-refractivity contribution in [2.45, 2.75) is 27.2 Å². The first-order valence-corrected chi connectivity index (χ1v) is 7.24. The number of hydrogen-bond donors (Lipinski definition) is 1. The van der Waals surface area contributed by atoms with Crippen molar-refractivity contribution in [1.82, 2.24) is 0 Å². The Hall–Kier alpha value is -2.35. The van der Waals surface area contributed by atoms with Gasteiger partial charge in [-0.15, -0.1) is 0 Å². The summed E-state index contributed by atoms with van der Waals surface area (Å²) >= 11 is 0. The summed E-state index contributed by atoms with van der Waals surface area (Å²) in [5.41, 5.74) is 5.34. The minimum atomic E-state index is 0.0135. The van der Waals surface area contributed by atoms with Gasteiger partial charge in [0.25, 0.3) is 0 Å². The summed E-state index contributed by atoms with van der Waals surface area (Å²) in [7, 11) is 0. The Bertz CT molecular complexity index is 671. The van der Waals surface area contributed by atoms with Crippen LogP contribution in [0.3, 0.4) is 0 Å². The van der Waals surface area contributed by atoms with Crippen LogP contribution in [-0.4, -0.2) is 5.78 Å². The summed E-state index contributed by atoms with van der Waals surface area (Å²) < 4.78 is 0. The van der Waals surface area contributed by atoms with Gasteiger partial charge in [0.15, 0.2) is 5.78 Å². The van der Waals surface area contributed by atoms with E-state index in [1.807, 2.05) is 50.2 Å². The fourth-order valence-electron chi connectivity index (χ4n) is 2.17. The normalized spacial score (nSPS) is 10.8. The molecule has 1 N–H and O–H groups in total. The molecule has 0 amide bonds. The number of para-hydroxylation sites is 1. The van der Waals surface area contributed by atoms with Crippen molar-refractivity contribution in [3.8, 4) is 0 Å². The van der Waals surface area contributed by atoms with Gasteiger partial charge in [-0.05, 0) is 49.1 Å². The van der Waals surface area contributed by atoms with Crippen LogP contribution in [0.1, 0.15) is 34.0 Å². The van der Waals surface area contributed by atoms with E-state index in [-0.39, 0.29) is 5.78 Å². The number of ketones is 1. The standard InChI is InChI=1S/C19H21NO/c1-4-16-7-5-6-8-18(16)20-12-11-19(21)17-10-9-14(2)15(3)13-17/h5-13,20H,4H2,1-3H3. The molecule has 21 heavy (non-hydrogen) atoms. The molecule has 0 radical (unpaired) electrons. The maximum absolute atomic E-state index is 12.1. The highest BCUT2D eigenvalue weighted by Gasteiger charge is 2.03. The van der Waals surface area contributed by atoms with Crippen molar-refractivity contribution in [2.24, 2.45) is 0 Å². The summed E-state index contributed by atoms with van der Waals surface area (Å²) in [6, 6.07) is 13.9. The van der Waals surface area contributed by atoms with Gasteiger partial charge in [0.2, 0.25) is 0 Å². The van der Waals surface area contributed by atoms with Crippen LogP contribution in [0, 0.1) is 13.8 Å². The first kappa shape index (κ1) is 15.0. The van der Waals surface area contributed by atoms with Gasteiger partial charge in [0.05, 0.1) is 0 Å². The lowest BCUT2D eigenvalue weighted by atomic mass is 10.0. The minimum absolute atomic E-state index is 0.0135. The van der Waals surface area contributed by atoms with E-state index in [9.17, 15) is 4.79 Å². The Balaban J connectivity index is 2.07. The van der Waals surface area contributed by atoms with Crippen molar-refractivity contribution < 1.29 is 4.79 Å². The minimum Gasteiger partial charge on any atom is -0.361 e. The third kappa shape index (κ3) is 3.82. The molecule has 2 aromatic carbocycles. The van der Waals surface area contributed by atoms with Crippen molar-refractivity contribution in [2.75, 3.05) is 5.32 Å². The predicted molar refractivity (Wildman–Crippen MR) is 88.8 cm³/mol. The lowest BCUT2D eigenvalue weighted by Gasteiger charge is -2.06. The molecule has 2 nitrogen and oxygen atoms in total. The van der Waals surface area contributed by atoms with Crippen LogP contribution in [0.5, 0.6) is 0 Å². The number of hydrogen-bond acceptors (Lipinski definition) is 2. The summed E-state index contributed by atoms with van der Waals surface area (Å²) in [5, 5.41) is 3.19. The van der Waals surface area contributed by atoms with Crippen LogP contribution < -0.4 is 5.32 Å². The van der Waals surface area contributed by atoms with Crippen molar-refractivity contribution in [1.29, 1.82) is 0 Å². The van der Waals surface area contributed by atoms with Crippen molar-refractivity contribution in [3.63, 3.8) is 0 Å². The molecular formula is C19H21NO. The second-order valence-electron chi connectivity index (χ2n) is 5.15. The van der Waals surface area contributed by atoms with Gasteiger partial charge in [-0.2, -0.15) is 0 Å². The molecule has 0 atom stereocenters. The summed E-state index contributed by atoms with van der Waals surface area (Å²) in [5.74, 6) is 0.0135. The molecule has 0 saturated carbocycles. The first-order chi connectivity index (χ1) is 10.1. The van der Waals surface area contributed by atoms with Crippen molar-refractivity contribution in [3.05, 3.63) is 77.0 Å². The largest absolute Gasteiger partial charge is 0.361 e. The van der Waals surface area contributed by atoms with Crippen LogP contribution in [0.4, 0.5) is 5.69 Å². The first-order valence-electron chi connectivity index (χ1n) is 7.24. The molecule has 2 rings (SSSR count). The SMILES string of the molecule is CCc1ccccc1NC=CC(=O)c1ccc(C)c(C)c1. The Labute approximate surface area is 126 Å². The number of rotatable bonds is 5. The average Bonchev–Trinajstić information content (AvgIpc) is 2.50. The molecule has 2 heteroatoms. The molecule has 0 spiro atoms. The number of aryl methyl sites for hydroxylation is 3. The maximum atomic E-state index is 12.1. The zero-order valence-corrected chi connectivity index (χ0v) is 12.8. The highest BCUT2D eigenvalue weighted by Crippen LogP contribution is 2.15. The molecule has 108 valence electrons. The number of allylic oxidation sites excluding steroid dienone is 1. The molecule has 0 aliphatic heterocycles. The van der Waals surface area contributed by atoms with Crippen LogP contribution in [0.15, 0.2) is 54.7 Å². The number of carbonyl (C=O) groups is 1. The van der Waals surface area contributed by atoms with Crippen LogP contribution >= 0.6 is 0 Å². The smallest absolute Gasteiger partial charge is 0.187 e. The van der Waals surface area contributed by atoms with E-state index in [1.54, 1.807) is 12.3 Å². The van der Waals surface area contributed by atoms with Gasteiger partial charge < -0.3 is 5.32 Å². The van der Waals surface area contributed by atoms with Gasteiger partial charge in [-0.3, -0.25) is 4.79 Å². The fraction of sp³-hybridized carbons (Fsp3) is 0.211. The molecule has 0 aromatic heterocycles. The average molecular weight is 279 g/mol. The monoisotopic (exact) mass is 279 g/mol. The number of nitrogens with one attached hydrogen (secondary N) is 1. The van der Waals surface area contributed by atoms with E-state index in [1.165, 1.54) is 11.1 Å². The highest BCUT2D eigenvalue weighted by molar-refractivity contribution is 6.04. The van der Waals surface area contributed by atoms with E-state index in [0.717, 1.165) is 23.2 Å². The van der Waals surface area contributed by atoms with Gasteiger partial charge in [-0.25, -0.2) is 0 Å². The van der Waals surface area contributed by atoms with Gasteiger partial charge in [0.1, 0.15) is 0 Å². The van der Waals surface area contributed by atoms with Gasteiger partial charge >= 0.3 is 0 Å². The maximum Gasteiger partial charge on any atom is 0.187 e. The molecular weight excluding hydrogens is 258 g/mol. The molecule has 0 fully saturated rings. The second-order valence-corrected chi connectivity index (χ2v) is 5.15. The quantitative estimate of drug-likeness (QED) is 0.636. The third-order valence-electron chi connectivity index (χ3n) is 3.66. The van der Waals surface area contributed by atoms with E-state index in [4.69, 9.17) is 0 Å². The second kappa shape index (κ2) is 6.89. The fourth-order valence-corrected chi connectivity index (χ4v) is 2.17. The molecule has 0 unspecified atom stereocenters. The number of carbonyl (C=O) groups excluding carboxylic acids is 1. The number of benzene rings is 2. The highest BCUT2D eigenvalue weighted by atomic mass is 16.1. The molecule has 2 aromatic rings. The molecule has 0 bridgehead atoms. The van der Waals surface area contributed by atoms with Crippen LogP contribution in [0.2, 0.25) is 0 Å². The summed E-state index contributed by atoms with van der Waals surface area (Å²) in [4.78, 5) is 12.1. The Morgan fingerprint density at radius 1 is 1.10 bits per heavy atom. The summed E-state index contributed by atoms with van der Waals surface area (Å²) in [6.07, 6.45) is 4.25. The molecule has 0 heterocycles. The van der Waals surface area contributed by atoms with Gasteiger partial charge in [0, 0.05) is 23.5 Å². The molecule has 0 saturated heterocycles. The van der Waals surface area contributed by atoms with Gasteiger partial charge in [-0.1, -0.05) is 37.3 Å². The predicted octanol–water partition coefficient (Wildman–Crippen LogP) is 4.67. The zero-order valence-electron chi connectivity index (χ0n) is 12.8. The topological polar surface area (TPSA) is 29.1 Å². The zero-order chi connectivity index (χ0) is 15.2. The Kier molecular flexibility index (Phi) is 4.94.